The van der Waals surface area contributed by atoms with Crippen LogP contribution in [0.1, 0.15) is 5.56 Å². The Hall–Kier alpha value is -3.09. The van der Waals surface area contributed by atoms with Crippen LogP contribution in [-0.2, 0) is 6.54 Å². The summed E-state index contributed by atoms with van der Waals surface area (Å²) < 4.78 is 6.36. The number of nitrogens with zero attached hydrogens (tertiary/aromatic N) is 6. The summed E-state index contributed by atoms with van der Waals surface area (Å²) in [6, 6.07) is 14.4. The lowest BCUT2D eigenvalue weighted by Crippen LogP contribution is -2.68. The average molecular weight is 304 g/mol. The summed E-state index contributed by atoms with van der Waals surface area (Å²) in [5.41, 5.74) is 1.26. The maximum Gasteiger partial charge on any atom is 0.563 e. The summed E-state index contributed by atoms with van der Waals surface area (Å²) >= 11 is 0. The number of hydrogen-bond acceptors (Lipinski definition) is 3. The van der Waals surface area contributed by atoms with Gasteiger partial charge in [-0.05, 0) is 17.8 Å². The van der Waals surface area contributed by atoms with Crippen LogP contribution >= 0.6 is 0 Å². The third-order valence-electron chi connectivity index (χ3n) is 4.02. The highest BCUT2D eigenvalue weighted by Gasteiger charge is 2.34. The first-order valence-corrected chi connectivity index (χ1v) is 7.68. The van der Waals surface area contributed by atoms with Crippen molar-refractivity contribution in [1.29, 1.82) is 0 Å². The van der Waals surface area contributed by atoms with E-state index in [9.17, 15) is 0 Å². The molecule has 7 heteroatoms. The summed E-state index contributed by atoms with van der Waals surface area (Å²) in [4.78, 5) is 1.97. The molecule has 3 aromatic rings. The lowest BCUT2D eigenvalue weighted by molar-refractivity contribution is -0.640. The Balaban J connectivity index is 1.71. The molecular weight excluding hydrogens is 287 g/mol. The Kier molecular flexibility index (Phi) is 3.52. The molecule has 6 nitrogen and oxygen atoms in total. The molecule has 2 aromatic heterocycles. The molecule has 1 aliphatic heterocycles. The third kappa shape index (κ3) is 2.68. The fraction of sp³-hybridized carbons (Fsp3) is 0.0625. The molecule has 1 aliphatic rings. The van der Waals surface area contributed by atoms with E-state index in [0.29, 0.717) is 0 Å². The molecule has 0 N–H and O–H groups in total. The van der Waals surface area contributed by atoms with Crippen molar-refractivity contribution in [2.45, 2.75) is 6.54 Å². The van der Waals surface area contributed by atoms with Gasteiger partial charge < -0.3 is 4.59 Å². The van der Waals surface area contributed by atoms with Gasteiger partial charge in [-0.15, -0.1) is 0 Å². The topological polar surface area (TPSA) is 44.0 Å². The van der Waals surface area contributed by atoms with Crippen LogP contribution in [0.4, 0.5) is 0 Å². The standard InChI is InChI=1S/C16H17BN6/c1-2-7-16(8-3-1)15-20-11-6-14-23(20)17(21-12-4-9-18-21)22-13-5-10-19-22/h1-14,17H,15H2/q+1. The molecule has 113 valence electrons. The second kappa shape index (κ2) is 5.96. The molecule has 0 saturated heterocycles. The van der Waals surface area contributed by atoms with E-state index in [1.54, 1.807) is 12.4 Å². The van der Waals surface area contributed by atoms with Gasteiger partial charge in [0.25, 0.3) is 6.21 Å². The van der Waals surface area contributed by atoms with E-state index < -0.39 is 7.12 Å². The van der Waals surface area contributed by atoms with Gasteiger partial charge in [0.1, 0.15) is 11.3 Å². The van der Waals surface area contributed by atoms with E-state index in [4.69, 9.17) is 0 Å². The molecule has 1 unspecified atom stereocenters. The molecule has 0 bridgehead atoms. The molecule has 3 heterocycles. The Morgan fingerprint density at radius 2 is 2.00 bits per heavy atom. The van der Waals surface area contributed by atoms with Crippen molar-refractivity contribution >= 4 is 13.3 Å². The molecule has 23 heavy (non-hydrogen) atoms. The first-order valence-electron chi connectivity index (χ1n) is 7.68. The number of aromatic nitrogens is 4. The van der Waals surface area contributed by atoms with Gasteiger partial charge in [-0.3, -0.25) is 4.59 Å². The first-order chi connectivity index (χ1) is 11.4. The molecule has 0 fully saturated rings. The Morgan fingerprint density at radius 3 is 2.74 bits per heavy atom. The van der Waals surface area contributed by atoms with Crippen molar-refractivity contribution in [2.24, 2.45) is 0 Å². The van der Waals surface area contributed by atoms with E-state index in [0.717, 1.165) is 6.54 Å². The van der Waals surface area contributed by atoms with Crippen molar-refractivity contribution in [1.82, 2.24) is 24.4 Å². The molecule has 1 atom stereocenters. The summed E-state index contributed by atoms with van der Waals surface area (Å²) in [6.45, 7) is 0.805. The summed E-state index contributed by atoms with van der Waals surface area (Å²) in [5.74, 6) is 0. The SMILES string of the molecule is C1=CN([BH-](n2cccn2)[n+]2cccn2Cc2ccccc2)[N+]=C1. The summed E-state index contributed by atoms with van der Waals surface area (Å²) in [5, 5.41) is 8.87. The Bertz CT molecular complexity index is 809. The quantitative estimate of drug-likeness (QED) is 0.636. The normalized spacial score (nSPS) is 14.5. The maximum atomic E-state index is 4.44. The average Bonchev–Trinajstić information content (AvgIpc) is 3.33. The van der Waals surface area contributed by atoms with Crippen molar-refractivity contribution < 1.29 is 4.59 Å². The molecule has 0 spiro atoms. The van der Waals surface area contributed by atoms with E-state index in [-0.39, 0.29) is 0 Å². The van der Waals surface area contributed by atoms with E-state index in [2.05, 4.69) is 62.2 Å². The zero-order valence-electron chi connectivity index (χ0n) is 12.7. The molecule has 0 saturated carbocycles. The van der Waals surface area contributed by atoms with Crippen LogP contribution in [-0.4, -0.2) is 32.6 Å². The monoisotopic (exact) mass is 304 g/mol. The number of hydrazone groups is 1. The largest absolute Gasteiger partial charge is 0.563 e. The number of allylic oxidation sites excluding steroid dienone is 1. The van der Waals surface area contributed by atoms with Crippen molar-refractivity contribution in [2.75, 3.05) is 0 Å². The predicted molar refractivity (Wildman–Crippen MR) is 89.5 cm³/mol. The van der Waals surface area contributed by atoms with E-state index in [1.165, 1.54) is 5.56 Å². The number of rotatable bonds is 5. The van der Waals surface area contributed by atoms with Gasteiger partial charge in [0, 0.05) is 24.5 Å². The number of benzene rings is 1. The zero-order valence-corrected chi connectivity index (χ0v) is 12.7. The molecule has 1 radical (unpaired) electrons. The van der Waals surface area contributed by atoms with Crippen molar-refractivity contribution in [3.8, 4) is 0 Å². The smallest absolute Gasteiger partial charge is 0.355 e. The fourth-order valence-electron chi connectivity index (χ4n) is 2.96. The van der Waals surface area contributed by atoms with E-state index >= 15 is 0 Å². The maximum absolute atomic E-state index is 4.44. The highest BCUT2D eigenvalue weighted by molar-refractivity contribution is 6.44. The van der Waals surface area contributed by atoms with E-state index in [1.807, 2.05) is 40.1 Å². The van der Waals surface area contributed by atoms with Gasteiger partial charge in [-0.1, -0.05) is 30.3 Å². The minimum Gasteiger partial charge on any atom is -0.355 e. The molecular formula is C16H17BN6+. The van der Waals surface area contributed by atoms with Gasteiger partial charge in [0.15, 0.2) is 0 Å². The molecule has 0 aliphatic carbocycles. The van der Waals surface area contributed by atoms with Crippen molar-refractivity contribution in [3.05, 3.63) is 85.1 Å². The van der Waals surface area contributed by atoms with Gasteiger partial charge >= 0.3 is 7.12 Å². The van der Waals surface area contributed by atoms with Crippen LogP contribution in [0.5, 0.6) is 0 Å². The molecule has 1 aromatic carbocycles. The zero-order chi connectivity index (χ0) is 15.5. The van der Waals surface area contributed by atoms with Gasteiger partial charge in [-0.25, -0.2) is 9.78 Å². The van der Waals surface area contributed by atoms with Crippen LogP contribution in [0, 0.1) is 0 Å². The lowest BCUT2D eigenvalue weighted by Gasteiger charge is -2.21. The number of hydrogen-bond donors (Lipinski definition) is 0. The minimum atomic E-state index is -1.18. The van der Waals surface area contributed by atoms with Crippen LogP contribution in [0.15, 0.2) is 79.5 Å². The van der Waals surface area contributed by atoms with Crippen LogP contribution in [0.25, 0.3) is 0 Å². The highest BCUT2D eigenvalue weighted by atomic mass is 15.6. The molecule has 4 rings (SSSR count). The summed E-state index contributed by atoms with van der Waals surface area (Å²) in [6.07, 6.45) is 13.7. The lowest BCUT2D eigenvalue weighted by atomic mass is 9.94. The van der Waals surface area contributed by atoms with Crippen LogP contribution in [0.3, 0.4) is 0 Å². The highest BCUT2D eigenvalue weighted by Crippen LogP contribution is 2.02. The predicted octanol–water partition coefficient (Wildman–Crippen LogP) is 0.285. The van der Waals surface area contributed by atoms with Gasteiger partial charge in [0.2, 0.25) is 0 Å². The second-order valence-electron chi connectivity index (χ2n) is 5.53. The van der Waals surface area contributed by atoms with Crippen LogP contribution < -0.4 is 9.69 Å². The third-order valence-corrected chi connectivity index (χ3v) is 4.02. The first kappa shape index (κ1) is 13.6. The molecule has 0 amide bonds. The Labute approximate surface area is 134 Å². The fourth-order valence-corrected chi connectivity index (χ4v) is 2.96. The van der Waals surface area contributed by atoms with Gasteiger partial charge in [0.05, 0.1) is 12.7 Å². The van der Waals surface area contributed by atoms with Gasteiger partial charge in [-0.2, -0.15) is 4.92 Å². The second-order valence-corrected chi connectivity index (χ2v) is 5.53. The minimum absolute atomic E-state index is 0.805. The summed E-state index contributed by atoms with van der Waals surface area (Å²) in [7, 11) is -1.18. The Morgan fingerprint density at radius 1 is 1.09 bits per heavy atom. The van der Waals surface area contributed by atoms with Crippen LogP contribution in [0.2, 0.25) is 0 Å². The van der Waals surface area contributed by atoms with Crippen molar-refractivity contribution in [3.63, 3.8) is 0 Å².